The lowest BCUT2D eigenvalue weighted by Gasteiger charge is -2.35. The van der Waals surface area contributed by atoms with Crippen LogP contribution in [0.15, 0.2) is 30.5 Å². The molecule has 138 valence electrons. The highest BCUT2D eigenvalue weighted by Gasteiger charge is 2.40. The van der Waals surface area contributed by atoms with E-state index in [1.807, 2.05) is 19.1 Å². The average Bonchev–Trinajstić information content (AvgIpc) is 2.61. The summed E-state index contributed by atoms with van der Waals surface area (Å²) in [5.41, 5.74) is 7.86. The number of halogens is 2. The molecule has 1 aliphatic rings. The molecule has 0 spiro atoms. The molecule has 2 unspecified atom stereocenters. The quantitative estimate of drug-likeness (QED) is 0.807. The van der Waals surface area contributed by atoms with Gasteiger partial charge in [-0.1, -0.05) is 29.3 Å². The van der Waals surface area contributed by atoms with E-state index in [0.717, 1.165) is 16.7 Å². The van der Waals surface area contributed by atoms with Gasteiger partial charge < -0.3 is 10.8 Å². The Labute approximate surface area is 163 Å². The summed E-state index contributed by atoms with van der Waals surface area (Å²) in [5.74, 6) is -0.138. The molecule has 0 aliphatic heterocycles. The molecule has 6 heteroatoms. The van der Waals surface area contributed by atoms with E-state index in [-0.39, 0.29) is 18.2 Å². The molecular formula is C20H22Cl2N2O2. The van der Waals surface area contributed by atoms with Crippen molar-refractivity contribution in [2.24, 2.45) is 5.73 Å². The number of benzene rings is 1. The number of nitrogens with zero attached hydrogens (tertiary/aromatic N) is 1. The monoisotopic (exact) mass is 392 g/mol. The Morgan fingerprint density at radius 2 is 2.19 bits per heavy atom. The first-order valence-electron chi connectivity index (χ1n) is 8.71. The first kappa shape index (κ1) is 19.3. The molecule has 0 bridgehead atoms. The molecule has 0 amide bonds. The van der Waals surface area contributed by atoms with Crippen molar-refractivity contribution in [1.82, 2.24) is 4.98 Å². The second-order valence-electron chi connectivity index (χ2n) is 6.92. The number of nitrogens with two attached hydrogens (primary N) is 1. The molecule has 3 N–H and O–H groups in total. The number of aromatic nitrogens is 1. The van der Waals surface area contributed by atoms with Crippen molar-refractivity contribution in [2.75, 3.05) is 6.54 Å². The van der Waals surface area contributed by atoms with Crippen LogP contribution in [-0.4, -0.2) is 22.4 Å². The van der Waals surface area contributed by atoms with Gasteiger partial charge in [0.05, 0.1) is 5.69 Å². The zero-order chi connectivity index (χ0) is 18.9. The van der Waals surface area contributed by atoms with Gasteiger partial charge in [-0.05, 0) is 61.1 Å². The normalized spacial score (nSPS) is 22.1. The predicted octanol–water partition coefficient (Wildman–Crippen LogP) is 3.92. The fraction of sp³-hybridized carbons (Fsp3) is 0.400. The number of rotatable bonds is 5. The first-order valence-corrected chi connectivity index (χ1v) is 9.46. The van der Waals surface area contributed by atoms with Crippen LogP contribution in [0.5, 0.6) is 0 Å². The summed E-state index contributed by atoms with van der Waals surface area (Å²) in [7, 11) is 0. The Balaban J connectivity index is 1.80. The molecule has 0 saturated heterocycles. The number of fused-ring (bicyclic) bond motifs is 1. The van der Waals surface area contributed by atoms with Crippen LogP contribution in [-0.2, 0) is 16.8 Å². The van der Waals surface area contributed by atoms with Crippen molar-refractivity contribution < 1.29 is 9.90 Å². The summed E-state index contributed by atoms with van der Waals surface area (Å²) in [6, 6.07) is 7.22. The lowest BCUT2D eigenvalue weighted by atomic mass is 9.74. The van der Waals surface area contributed by atoms with Gasteiger partial charge in [-0.15, -0.1) is 0 Å². The van der Waals surface area contributed by atoms with Gasteiger partial charge in [0.15, 0.2) is 0 Å². The number of carbonyl (C=O) groups excluding carboxylic acids is 1. The smallest absolute Gasteiger partial charge is 0.140 e. The molecule has 0 fully saturated rings. The number of aryl methyl sites for hydroxylation is 1. The highest BCUT2D eigenvalue weighted by atomic mass is 35.5. The van der Waals surface area contributed by atoms with Crippen molar-refractivity contribution in [3.63, 3.8) is 0 Å². The van der Waals surface area contributed by atoms with Gasteiger partial charge >= 0.3 is 0 Å². The molecule has 0 saturated carbocycles. The van der Waals surface area contributed by atoms with E-state index < -0.39 is 5.60 Å². The molecule has 26 heavy (non-hydrogen) atoms. The maximum atomic E-state index is 12.9. The maximum absolute atomic E-state index is 12.9. The van der Waals surface area contributed by atoms with Gasteiger partial charge in [-0.2, -0.15) is 0 Å². The van der Waals surface area contributed by atoms with E-state index >= 15 is 0 Å². The van der Waals surface area contributed by atoms with Crippen LogP contribution < -0.4 is 5.73 Å². The van der Waals surface area contributed by atoms with Crippen molar-refractivity contribution >= 4 is 29.0 Å². The predicted molar refractivity (Wildman–Crippen MR) is 104 cm³/mol. The molecule has 1 aromatic carbocycles. The van der Waals surface area contributed by atoms with E-state index in [0.29, 0.717) is 41.4 Å². The number of hydrogen-bond acceptors (Lipinski definition) is 4. The standard InChI is InChI=1S/C20H22Cl2N2O2/c1-12-9-13(21)10-17(22)14(12)4-5-18(25)15-6-7-20(26,11-23)19-16(15)3-2-8-24-19/h2-3,8-10,15,26H,4-7,11,23H2,1H3. The molecule has 2 atom stereocenters. The molecule has 0 radical (unpaired) electrons. The number of aliphatic hydroxyl groups is 1. The van der Waals surface area contributed by atoms with Crippen molar-refractivity contribution in [3.05, 3.63) is 62.9 Å². The van der Waals surface area contributed by atoms with Gasteiger partial charge in [0, 0.05) is 35.1 Å². The summed E-state index contributed by atoms with van der Waals surface area (Å²) in [6.07, 6.45) is 3.57. The van der Waals surface area contributed by atoms with Crippen LogP contribution in [0.25, 0.3) is 0 Å². The third-order valence-electron chi connectivity index (χ3n) is 5.23. The van der Waals surface area contributed by atoms with Crippen LogP contribution in [0.4, 0.5) is 0 Å². The van der Waals surface area contributed by atoms with Crippen LogP contribution in [0.3, 0.4) is 0 Å². The van der Waals surface area contributed by atoms with Gasteiger partial charge in [0.2, 0.25) is 0 Å². The molecule has 4 nitrogen and oxygen atoms in total. The zero-order valence-electron chi connectivity index (χ0n) is 14.6. The Hall–Kier alpha value is -1.46. The van der Waals surface area contributed by atoms with Crippen LogP contribution in [0, 0.1) is 6.92 Å². The summed E-state index contributed by atoms with van der Waals surface area (Å²) < 4.78 is 0. The largest absolute Gasteiger partial charge is 0.382 e. The van der Waals surface area contributed by atoms with E-state index in [2.05, 4.69) is 4.98 Å². The first-order chi connectivity index (χ1) is 12.4. The Morgan fingerprint density at radius 3 is 2.88 bits per heavy atom. The Bertz CT molecular complexity index is 817. The van der Waals surface area contributed by atoms with Gasteiger partial charge in [0.1, 0.15) is 11.4 Å². The van der Waals surface area contributed by atoms with Gasteiger partial charge in [-0.3, -0.25) is 9.78 Å². The average molecular weight is 393 g/mol. The highest BCUT2D eigenvalue weighted by Crippen LogP contribution is 2.40. The zero-order valence-corrected chi connectivity index (χ0v) is 16.1. The van der Waals surface area contributed by atoms with Crippen LogP contribution in [0.1, 0.15) is 47.6 Å². The van der Waals surface area contributed by atoms with E-state index in [4.69, 9.17) is 28.9 Å². The van der Waals surface area contributed by atoms with E-state index in [1.54, 1.807) is 18.3 Å². The van der Waals surface area contributed by atoms with Crippen molar-refractivity contribution in [1.29, 1.82) is 0 Å². The van der Waals surface area contributed by atoms with Crippen molar-refractivity contribution in [2.45, 2.75) is 44.1 Å². The topological polar surface area (TPSA) is 76.2 Å². The lowest BCUT2D eigenvalue weighted by Crippen LogP contribution is -2.41. The summed E-state index contributed by atoms with van der Waals surface area (Å²) >= 11 is 12.3. The third-order valence-corrected chi connectivity index (χ3v) is 5.79. The van der Waals surface area contributed by atoms with E-state index in [1.165, 1.54) is 0 Å². The SMILES string of the molecule is Cc1cc(Cl)cc(Cl)c1CCC(=O)C1CCC(O)(CN)c2ncccc21. The second-order valence-corrected chi connectivity index (χ2v) is 7.76. The third kappa shape index (κ3) is 3.65. The second kappa shape index (κ2) is 7.65. The minimum atomic E-state index is -1.15. The molecule has 2 aromatic rings. The molecule has 3 rings (SSSR count). The van der Waals surface area contributed by atoms with Gasteiger partial charge in [0.25, 0.3) is 0 Å². The number of ketones is 1. The van der Waals surface area contributed by atoms with Gasteiger partial charge in [-0.25, -0.2) is 0 Å². The van der Waals surface area contributed by atoms with E-state index in [9.17, 15) is 9.90 Å². The fourth-order valence-corrected chi connectivity index (χ4v) is 4.44. The fourth-order valence-electron chi connectivity index (χ4n) is 3.75. The summed E-state index contributed by atoms with van der Waals surface area (Å²) in [4.78, 5) is 17.2. The Morgan fingerprint density at radius 1 is 1.42 bits per heavy atom. The number of pyridine rings is 1. The lowest BCUT2D eigenvalue weighted by molar-refractivity contribution is -0.121. The number of Topliss-reactive ketones (excluding diaryl/α,β-unsaturated/α-hetero) is 1. The molecule has 1 aliphatic carbocycles. The van der Waals surface area contributed by atoms with Crippen molar-refractivity contribution in [3.8, 4) is 0 Å². The maximum Gasteiger partial charge on any atom is 0.140 e. The highest BCUT2D eigenvalue weighted by molar-refractivity contribution is 6.35. The summed E-state index contributed by atoms with van der Waals surface area (Å²) in [6.45, 7) is 2.04. The van der Waals surface area contributed by atoms with Crippen LogP contribution in [0.2, 0.25) is 10.0 Å². The molecular weight excluding hydrogens is 371 g/mol. The molecule has 1 aromatic heterocycles. The Kier molecular flexibility index (Phi) is 5.68. The minimum absolute atomic E-state index is 0.0947. The number of carbonyl (C=O) groups is 1. The molecule has 1 heterocycles. The van der Waals surface area contributed by atoms with Crippen LogP contribution >= 0.6 is 23.2 Å². The minimum Gasteiger partial charge on any atom is -0.382 e. The summed E-state index contributed by atoms with van der Waals surface area (Å²) in [5, 5.41) is 11.9. The number of hydrogen-bond donors (Lipinski definition) is 2.